The number of H-pyrrole nitrogens is 1. The number of fused-ring (bicyclic) bond motifs is 1. The molecular weight excluding hydrogens is 338 g/mol. The maximum absolute atomic E-state index is 12.0. The second-order valence-corrected chi connectivity index (χ2v) is 6.81. The Morgan fingerprint density at radius 2 is 2.12 bits per heavy atom. The van der Waals surface area contributed by atoms with Gasteiger partial charge in [0.1, 0.15) is 12.2 Å². The number of aromatic amines is 1. The Morgan fingerprint density at radius 1 is 1.35 bits per heavy atom. The third kappa shape index (κ3) is 3.80. The van der Waals surface area contributed by atoms with Crippen molar-refractivity contribution in [2.24, 2.45) is 0 Å². The second kappa shape index (κ2) is 7.58. The van der Waals surface area contributed by atoms with E-state index in [9.17, 15) is 15.0 Å². The molecule has 3 rings (SSSR count). The Bertz CT molecular complexity index is 764. The SMILES string of the molecule is C[C@@H]1O[C@H](Nc2ccnc3cc[nH]c23)[C@H](O)[C@H](O)[C@H]1NC(=O)CN(C)C. The third-order valence-corrected chi connectivity index (χ3v) is 4.43. The van der Waals surface area contributed by atoms with Gasteiger partial charge < -0.3 is 35.5 Å². The van der Waals surface area contributed by atoms with Crippen LogP contribution in [0.3, 0.4) is 0 Å². The Labute approximate surface area is 151 Å². The van der Waals surface area contributed by atoms with E-state index in [0.29, 0.717) is 5.69 Å². The molecule has 3 heterocycles. The molecule has 9 nitrogen and oxygen atoms in total. The summed E-state index contributed by atoms with van der Waals surface area (Å²) in [4.78, 5) is 21.0. The van der Waals surface area contributed by atoms with Crippen molar-refractivity contribution in [2.45, 2.75) is 37.5 Å². The van der Waals surface area contributed by atoms with Crippen molar-refractivity contribution in [3.05, 3.63) is 24.5 Å². The number of nitrogens with zero attached hydrogens (tertiary/aromatic N) is 2. The van der Waals surface area contributed by atoms with Crippen molar-refractivity contribution in [3.63, 3.8) is 0 Å². The van der Waals surface area contributed by atoms with E-state index in [1.807, 2.05) is 6.07 Å². The second-order valence-electron chi connectivity index (χ2n) is 6.81. The first-order chi connectivity index (χ1) is 12.4. The van der Waals surface area contributed by atoms with Crippen molar-refractivity contribution in [1.29, 1.82) is 0 Å². The summed E-state index contributed by atoms with van der Waals surface area (Å²) in [5, 5.41) is 26.8. The maximum atomic E-state index is 12.0. The Balaban J connectivity index is 1.70. The molecule has 0 radical (unpaired) electrons. The fraction of sp³-hybridized carbons (Fsp3) is 0.529. The van der Waals surface area contributed by atoms with Crippen molar-refractivity contribution in [2.75, 3.05) is 26.0 Å². The summed E-state index contributed by atoms with van der Waals surface area (Å²) < 4.78 is 5.83. The summed E-state index contributed by atoms with van der Waals surface area (Å²) in [7, 11) is 3.56. The molecule has 0 aliphatic carbocycles. The van der Waals surface area contributed by atoms with Gasteiger partial charge in [-0.1, -0.05) is 0 Å². The molecule has 1 aliphatic heterocycles. The van der Waals surface area contributed by atoms with Gasteiger partial charge in [0, 0.05) is 12.4 Å². The van der Waals surface area contributed by atoms with Crippen LogP contribution in [0.15, 0.2) is 24.5 Å². The van der Waals surface area contributed by atoms with Crippen LogP contribution in [0.2, 0.25) is 0 Å². The van der Waals surface area contributed by atoms with E-state index in [-0.39, 0.29) is 12.5 Å². The van der Waals surface area contributed by atoms with E-state index in [1.165, 1.54) is 0 Å². The predicted octanol–water partition coefficient (Wildman–Crippen LogP) is -0.512. The number of hydrogen-bond acceptors (Lipinski definition) is 7. The minimum absolute atomic E-state index is 0.190. The summed E-state index contributed by atoms with van der Waals surface area (Å²) >= 11 is 0. The fourth-order valence-corrected chi connectivity index (χ4v) is 3.14. The number of amides is 1. The van der Waals surface area contributed by atoms with Crippen LogP contribution in [-0.4, -0.2) is 82.2 Å². The zero-order valence-corrected chi connectivity index (χ0v) is 15.0. The molecule has 0 spiro atoms. The number of rotatable bonds is 5. The third-order valence-electron chi connectivity index (χ3n) is 4.43. The highest BCUT2D eigenvalue weighted by molar-refractivity contribution is 5.87. The van der Waals surface area contributed by atoms with E-state index in [4.69, 9.17) is 4.74 Å². The van der Waals surface area contributed by atoms with Crippen LogP contribution < -0.4 is 10.6 Å². The van der Waals surface area contributed by atoms with E-state index in [0.717, 1.165) is 11.0 Å². The summed E-state index contributed by atoms with van der Waals surface area (Å²) in [6, 6.07) is 2.90. The highest BCUT2D eigenvalue weighted by Crippen LogP contribution is 2.26. The van der Waals surface area contributed by atoms with Crippen LogP contribution in [0.4, 0.5) is 5.69 Å². The number of hydrogen-bond donors (Lipinski definition) is 5. The smallest absolute Gasteiger partial charge is 0.234 e. The van der Waals surface area contributed by atoms with E-state index < -0.39 is 30.6 Å². The van der Waals surface area contributed by atoms with Gasteiger partial charge in [0.15, 0.2) is 6.23 Å². The number of aliphatic hydroxyl groups is 2. The summed E-state index contributed by atoms with van der Waals surface area (Å²) in [5.41, 5.74) is 2.27. The largest absolute Gasteiger partial charge is 0.388 e. The number of carbonyl (C=O) groups is 1. The first-order valence-corrected chi connectivity index (χ1v) is 8.51. The van der Waals surface area contributed by atoms with Crippen LogP contribution in [0.1, 0.15) is 6.92 Å². The molecule has 0 aromatic carbocycles. The molecule has 5 atom stereocenters. The van der Waals surface area contributed by atoms with Gasteiger partial charge in [-0.15, -0.1) is 0 Å². The lowest BCUT2D eigenvalue weighted by Crippen LogP contribution is -2.64. The van der Waals surface area contributed by atoms with Crippen LogP contribution >= 0.6 is 0 Å². The standard InChI is InChI=1S/C17H25N5O4/c1-9-13(21-12(23)8-22(2)3)15(24)16(25)17(26-9)20-11-5-6-18-10-4-7-19-14(10)11/h4-7,9,13,15-17,19,24-25H,8H2,1-3H3,(H,18,20)(H,21,23)/t9-,13-,15+,16+,17-/m0/s1. The molecule has 5 N–H and O–H groups in total. The van der Waals surface area contributed by atoms with Gasteiger partial charge in [-0.25, -0.2) is 0 Å². The maximum Gasteiger partial charge on any atom is 0.234 e. The number of aromatic nitrogens is 2. The van der Waals surface area contributed by atoms with Gasteiger partial charge in [-0.2, -0.15) is 0 Å². The molecule has 1 amide bonds. The van der Waals surface area contributed by atoms with Crippen molar-refractivity contribution in [3.8, 4) is 0 Å². The van der Waals surface area contributed by atoms with Gasteiger partial charge in [-0.3, -0.25) is 9.78 Å². The summed E-state index contributed by atoms with van der Waals surface area (Å²) in [6.07, 6.45) is -0.265. The average molecular weight is 363 g/mol. The lowest BCUT2D eigenvalue weighted by Gasteiger charge is -2.42. The monoisotopic (exact) mass is 363 g/mol. The zero-order valence-electron chi connectivity index (χ0n) is 15.0. The minimum atomic E-state index is -1.21. The number of nitrogens with one attached hydrogen (secondary N) is 3. The van der Waals surface area contributed by atoms with Crippen molar-refractivity contribution < 1.29 is 19.7 Å². The summed E-state index contributed by atoms with van der Waals surface area (Å²) in [5.74, 6) is -0.240. The molecule has 1 fully saturated rings. The van der Waals surface area contributed by atoms with Crippen LogP contribution in [0.5, 0.6) is 0 Å². The van der Waals surface area contributed by atoms with Gasteiger partial charge in [0.05, 0.1) is 35.4 Å². The number of carbonyl (C=O) groups excluding carboxylic acids is 1. The highest BCUT2D eigenvalue weighted by Gasteiger charge is 2.43. The molecule has 1 aliphatic rings. The Morgan fingerprint density at radius 3 is 2.85 bits per heavy atom. The molecule has 0 unspecified atom stereocenters. The highest BCUT2D eigenvalue weighted by atomic mass is 16.5. The van der Waals surface area contributed by atoms with Crippen molar-refractivity contribution >= 4 is 22.6 Å². The Kier molecular flexibility index (Phi) is 5.42. The van der Waals surface area contributed by atoms with E-state index >= 15 is 0 Å². The molecule has 0 bridgehead atoms. The molecule has 26 heavy (non-hydrogen) atoms. The van der Waals surface area contributed by atoms with Gasteiger partial charge in [0.2, 0.25) is 5.91 Å². The normalized spacial score (nSPS) is 29.1. The zero-order chi connectivity index (χ0) is 18.8. The number of ether oxygens (including phenoxy) is 1. The first kappa shape index (κ1) is 18.6. The van der Waals surface area contributed by atoms with Crippen LogP contribution in [0.25, 0.3) is 11.0 Å². The first-order valence-electron chi connectivity index (χ1n) is 8.51. The van der Waals surface area contributed by atoms with Gasteiger partial charge >= 0.3 is 0 Å². The molecule has 2 aromatic heterocycles. The average Bonchev–Trinajstić information content (AvgIpc) is 3.05. The van der Waals surface area contributed by atoms with Crippen molar-refractivity contribution in [1.82, 2.24) is 20.2 Å². The molecule has 142 valence electrons. The molecule has 9 heteroatoms. The number of aliphatic hydroxyl groups excluding tert-OH is 2. The lowest BCUT2D eigenvalue weighted by atomic mass is 9.96. The van der Waals surface area contributed by atoms with Gasteiger partial charge in [0.25, 0.3) is 0 Å². The van der Waals surface area contributed by atoms with Crippen LogP contribution in [0, 0.1) is 0 Å². The van der Waals surface area contributed by atoms with Gasteiger partial charge in [-0.05, 0) is 33.2 Å². The minimum Gasteiger partial charge on any atom is -0.388 e. The summed E-state index contributed by atoms with van der Waals surface area (Å²) in [6.45, 7) is 1.94. The molecule has 2 aromatic rings. The topological polar surface area (TPSA) is 123 Å². The molecular formula is C17H25N5O4. The fourth-order valence-electron chi connectivity index (χ4n) is 3.14. The number of anilines is 1. The predicted molar refractivity (Wildman–Crippen MR) is 96.5 cm³/mol. The number of pyridine rings is 1. The van der Waals surface area contributed by atoms with E-state index in [1.54, 1.807) is 44.4 Å². The van der Waals surface area contributed by atoms with E-state index in [2.05, 4.69) is 20.6 Å². The van der Waals surface area contributed by atoms with Crippen LogP contribution in [-0.2, 0) is 9.53 Å². The lowest BCUT2D eigenvalue weighted by molar-refractivity contribution is -0.172. The Hall–Kier alpha value is -2.20. The molecule has 0 saturated carbocycles. The quantitative estimate of drug-likeness (QED) is 0.485. The number of likely N-dealkylation sites (N-methyl/N-ethyl adjacent to an activating group) is 1. The molecule has 1 saturated heterocycles.